The van der Waals surface area contributed by atoms with Crippen molar-refractivity contribution in [3.05, 3.63) is 35.9 Å². The molecule has 0 bridgehead atoms. The molecule has 18 heavy (non-hydrogen) atoms. The average Bonchev–Trinajstić information content (AvgIpc) is 2.91. The summed E-state index contributed by atoms with van der Waals surface area (Å²) in [4.78, 5) is 1.19. The maximum absolute atomic E-state index is 6.05. The Bertz CT molecular complexity index is 676. The lowest BCUT2D eigenvalue weighted by Crippen LogP contribution is -1.98. The highest BCUT2D eigenvalue weighted by molar-refractivity contribution is 7.22. The number of benzene rings is 1. The molecule has 0 fully saturated rings. The molecule has 0 saturated heterocycles. The molecule has 0 aliphatic heterocycles. The van der Waals surface area contributed by atoms with Crippen molar-refractivity contribution < 1.29 is 0 Å². The number of hydrogen-bond donors (Lipinski definition) is 1. The summed E-state index contributed by atoms with van der Waals surface area (Å²) in [6.07, 6.45) is 0.906. The van der Waals surface area contributed by atoms with Crippen LogP contribution < -0.4 is 5.73 Å². The van der Waals surface area contributed by atoms with Crippen LogP contribution in [0.15, 0.2) is 30.3 Å². The number of fused-ring (bicyclic) bond motifs is 1. The van der Waals surface area contributed by atoms with Crippen molar-refractivity contribution in [1.29, 1.82) is 0 Å². The summed E-state index contributed by atoms with van der Waals surface area (Å²) in [5.41, 5.74) is 8.22. The zero-order valence-electron chi connectivity index (χ0n) is 10.5. The minimum atomic E-state index is 0.768. The Morgan fingerprint density at radius 3 is 2.83 bits per heavy atom. The molecule has 0 amide bonds. The third-order valence-electron chi connectivity index (χ3n) is 3.21. The van der Waals surface area contributed by atoms with Gasteiger partial charge in [0.05, 0.1) is 4.88 Å². The van der Waals surface area contributed by atoms with E-state index in [0.29, 0.717) is 0 Å². The molecule has 0 aliphatic carbocycles. The Labute approximate surface area is 110 Å². The molecule has 2 aromatic heterocycles. The summed E-state index contributed by atoms with van der Waals surface area (Å²) >= 11 is 1.77. The third kappa shape index (κ3) is 1.61. The van der Waals surface area contributed by atoms with E-state index in [2.05, 4.69) is 42.4 Å². The summed E-state index contributed by atoms with van der Waals surface area (Å²) in [7, 11) is 1.89. The SMILES string of the molecule is CCc1c(-c2cc3ccccc3s2)nn(C)c1N. The molecule has 2 N–H and O–H groups in total. The van der Waals surface area contributed by atoms with Gasteiger partial charge in [-0.1, -0.05) is 25.1 Å². The first-order chi connectivity index (χ1) is 8.70. The minimum Gasteiger partial charge on any atom is -0.384 e. The number of rotatable bonds is 2. The molecule has 0 spiro atoms. The fourth-order valence-corrected chi connectivity index (χ4v) is 3.30. The Morgan fingerprint density at radius 1 is 1.33 bits per heavy atom. The van der Waals surface area contributed by atoms with Gasteiger partial charge in [0.1, 0.15) is 11.5 Å². The monoisotopic (exact) mass is 257 g/mol. The van der Waals surface area contributed by atoms with Crippen molar-refractivity contribution in [2.45, 2.75) is 13.3 Å². The van der Waals surface area contributed by atoms with E-state index >= 15 is 0 Å². The zero-order valence-corrected chi connectivity index (χ0v) is 11.3. The summed E-state index contributed by atoms with van der Waals surface area (Å²) in [6.45, 7) is 2.12. The van der Waals surface area contributed by atoms with E-state index in [-0.39, 0.29) is 0 Å². The molecule has 0 unspecified atom stereocenters. The molecule has 0 aliphatic rings. The predicted octanol–water partition coefficient (Wildman–Crippen LogP) is 3.45. The van der Waals surface area contributed by atoms with Crippen LogP contribution >= 0.6 is 11.3 Å². The number of nitrogen functional groups attached to an aromatic ring is 1. The van der Waals surface area contributed by atoms with Gasteiger partial charge in [0.25, 0.3) is 0 Å². The summed E-state index contributed by atoms with van der Waals surface area (Å²) in [6, 6.07) is 10.6. The lowest BCUT2D eigenvalue weighted by atomic mass is 10.1. The molecular weight excluding hydrogens is 242 g/mol. The first-order valence-corrected chi connectivity index (χ1v) is 6.82. The highest BCUT2D eigenvalue weighted by Gasteiger charge is 2.15. The molecule has 92 valence electrons. The lowest BCUT2D eigenvalue weighted by molar-refractivity contribution is 0.782. The number of nitrogens with zero attached hydrogens (tertiary/aromatic N) is 2. The molecule has 1 aromatic carbocycles. The van der Waals surface area contributed by atoms with Gasteiger partial charge in [0.2, 0.25) is 0 Å². The summed E-state index contributed by atoms with van der Waals surface area (Å²) < 4.78 is 3.05. The van der Waals surface area contributed by atoms with Gasteiger partial charge < -0.3 is 5.73 Å². The van der Waals surface area contributed by atoms with Crippen LogP contribution in [-0.4, -0.2) is 9.78 Å². The van der Waals surface area contributed by atoms with Gasteiger partial charge in [-0.2, -0.15) is 5.10 Å². The Kier molecular flexibility index (Phi) is 2.59. The largest absolute Gasteiger partial charge is 0.384 e. The standard InChI is InChI=1S/C14H15N3S/c1-3-10-13(16-17(2)14(10)15)12-8-9-6-4-5-7-11(9)18-12/h4-8H,3,15H2,1-2H3. The van der Waals surface area contributed by atoms with Crippen LogP contribution in [0.2, 0.25) is 0 Å². The maximum Gasteiger partial charge on any atom is 0.125 e. The van der Waals surface area contributed by atoms with Crippen LogP contribution in [-0.2, 0) is 13.5 Å². The van der Waals surface area contributed by atoms with Crippen LogP contribution in [0.3, 0.4) is 0 Å². The molecule has 0 radical (unpaired) electrons. The van der Waals surface area contributed by atoms with E-state index < -0.39 is 0 Å². The van der Waals surface area contributed by atoms with E-state index in [9.17, 15) is 0 Å². The maximum atomic E-state index is 6.05. The number of thiophene rings is 1. The van der Waals surface area contributed by atoms with E-state index in [1.165, 1.54) is 15.0 Å². The lowest BCUT2D eigenvalue weighted by Gasteiger charge is -1.96. The van der Waals surface area contributed by atoms with Crippen molar-refractivity contribution in [2.24, 2.45) is 7.05 Å². The van der Waals surface area contributed by atoms with Gasteiger partial charge in [0, 0.05) is 17.3 Å². The average molecular weight is 257 g/mol. The molecular formula is C14H15N3S. The Balaban J connectivity index is 2.22. The molecule has 4 heteroatoms. The summed E-state index contributed by atoms with van der Waals surface area (Å²) in [5.74, 6) is 0.768. The predicted molar refractivity (Wildman–Crippen MR) is 77.8 cm³/mol. The smallest absolute Gasteiger partial charge is 0.125 e. The molecule has 3 nitrogen and oxygen atoms in total. The van der Waals surface area contributed by atoms with Crippen molar-refractivity contribution in [3.63, 3.8) is 0 Å². The van der Waals surface area contributed by atoms with Crippen molar-refractivity contribution in [3.8, 4) is 10.6 Å². The van der Waals surface area contributed by atoms with E-state index in [1.54, 1.807) is 16.0 Å². The van der Waals surface area contributed by atoms with Crippen molar-refractivity contribution in [2.75, 3.05) is 5.73 Å². The quantitative estimate of drug-likeness (QED) is 0.764. The molecule has 3 rings (SSSR count). The number of aryl methyl sites for hydroxylation is 1. The normalized spacial score (nSPS) is 11.2. The van der Waals surface area contributed by atoms with Gasteiger partial charge in [-0.25, -0.2) is 0 Å². The van der Waals surface area contributed by atoms with Crippen LogP contribution in [0.5, 0.6) is 0 Å². The second-order valence-electron chi connectivity index (χ2n) is 4.34. The molecule has 2 heterocycles. The van der Waals surface area contributed by atoms with Crippen LogP contribution in [0.4, 0.5) is 5.82 Å². The van der Waals surface area contributed by atoms with E-state index in [1.807, 2.05) is 7.05 Å². The topological polar surface area (TPSA) is 43.8 Å². The molecule has 0 saturated carbocycles. The van der Waals surface area contributed by atoms with Gasteiger partial charge in [-0.3, -0.25) is 4.68 Å². The third-order valence-corrected chi connectivity index (χ3v) is 4.33. The zero-order chi connectivity index (χ0) is 12.7. The summed E-state index contributed by atoms with van der Waals surface area (Å²) in [5, 5.41) is 5.82. The highest BCUT2D eigenvalue weighted by atomic mass is 32.1. The number of hydrogen-bond acceptors (Lipinski definition) is 3. The fourth-order valence-electron chi connectivity index (χ4n) is 2.23. The van der Waals surface area contributed by atoms with Crippen LogP contribution in [0.25, 0.3) is 20.7 Å². The first kappa shape index (κ1) is 11.3. The van der Waals surface area contributed by atoms with Crippen LogP contribution in [0.1, 0.15) is 12.5 Å². The number of nitrogens with two attached hydrogens (primary N) is 1. The molecule has 0 atom stereocenters. The highest BCUT2D eigenvalue weighted by Crippen LogP contribution is 2.36. The Hall–Kier alpha value is -1.81. The van der Waals surface area contributed by atoms with Gasteiger partial charge in [0.15, 0.2) is 0 Å². The van der Waals surface area contributed by atoms with Gasteiger partial charge in [-0.15, -0.1) is 11.3 Å². The molecule has 3 aromatic rings. The van der Waals surface area contributed by atoms with E-state index in [0.717, 1.165) is 23.5 Å². The minimum absolute atomic E-state index is 0.768. The first-order valence-electron chi connectivity index (χ1n) is 6.01. The van der Waals surface area contributed by atoms with Crippen LogP contribution in [0, 0.1) is 0 Å². The number of aromatic nitrogens is 2. The fraction of sp³-hybridized carbons (Fsp3) is 0.214. The number of anilines is 1. The Morgan fingerprint density at radius 2 is 2.11 bits per heavy atom. The van der Waals surface area contributed by atoms with Gasteiger partial charge in [-0.05, 0) is 23.9 Å². The second-order valence-corrected chi connectivity index (χ2v) is 5.42. The van der Waals surface area contributed by atoms with Crippen molar-refractivity contribution in [1.82, 2.24) is 9.78 Å². The van der Waals surface area contributed by atoms with Crippen molar-refractivity contribution >= 4 is 27.2 Å². The van der Waals surface area contributed by atoms with Gasteiger partial charge >= 0.3 is 0 Å². The van der Waals surface area contributed by atoms with E-state index in [4.69, 9.17) is 5.73 Å². The second kappa shape index (κ2) is 4.14.